The molecule has 1 aliphatic rings. The van der Waals surface area contributed by atoms with E-state index >= 15 is 0 Å². The number of pyridine rings is 1. The number of amides is 1. The van der Waals surface area contributed by atoms with Gasteiger partial charge in [-0.25, -0.2) is 8.42 Å². The lowest BCUT2D eigenvalue weighted by Gasteiger charge is -2.33. The Kier molecular flexibility index (Phi) is 6.07. The predicted molar refractivity (Wildman–Crippen MR) is 122 cm³/mol. The van der Waals surface area contributed by atoms with Gasteiger partial charge in [-0.2, -0.15) is 4.31 Å². The standard InChI is InChI=1S/C23H28N4O4S/c1-15-14-27(11-9-21(15)28)32(30,31)22-12-20(26(3)16(22)2)23(29)25-13-17-6-4-8-19-18(17)7-5-10-24-19/h4-8,10,12,15,21,28H,9,11,13-14H2,1-3H3,(H,25,29)/t15-,21?/m1/s1. The van der Waals surface area contributed by atoms with Gasteiger partial charge in [0.25, 0.3) is 5.91 Å². The summed E-state index contributed by atoms with van der Waals surface area (Å²) >= 11 is 0. The van der Waals surface area contributed by atoms with E-state index in [1.54, 1.807) is 24.7 Å². The van der Waals surface area contributed by atoms with E-state index in [9.17, 15) is 18.3 Å². The van der Waals surface area contributed by atoms with Crippen molar-refractivity contribution >= 4 is 26.8 Å². The first-order valence-corrected chi connectivity index (χ1v) is 12.1. The van der Waals surface area contributed by atoms with Crippen LogP contribution in [0.2, 0.25) is 0 Å². The van der Waals surface area contributed by atoms with Gasteiger partial charge >= 0.3 is 0 Å². The van der Waals surface area contributed by atoms with Crippen molar-refractivity contribution in [1.82, 2.24) is 19.2 Å². The molecule has 1 fully saturated rings. The number of piperidine rings is 1. The molecule has 1 saturated heterocycles. The SMILES string of the molecule is Cc1c(S(=O)(=O)N2CCC(O)[C@H](C)C2)cc(C(=O)NCc2cccc3ncccc23)n1C. The molecule has 2 N–H and O–H groups in total. The molecule has 3 aromatic rings. The molecule has 1 aliphatic heterocycles. The fourth-order valence-corrected chi connectivity index (χ4v) is 6.02. The van der Waals surface area contributed by atoms with Gasteiger partial charge in [0.1, 0.15) is 10.6 Å². The minimum absolute atomic E-state index is 0.128. The van der Waals surface area contributed by atoms with E-state index in [0.717, 1.165) is 16.5 Å². The Bertz CT molecular complexity index is 1260. The Morgan fingerprint density at radius 3 is 2.81 bits per heavy atom. The molecule has 9 heteroatoms. The fourth-order valence-electron chi connectivity index (χ4n) is 4.19. The Morgan fingerprint density at radius 2 is 2.06 bits per heavy atom. The summed E-state index contributed by atoms with van der Waals surface area (Å²) in [6.45, 7) is 4.36. The van der Waals surface area contributed by atoms with E-state index in [0.29, 0.717) is 18.7 Å². The number of rotatable bonds is 5. The number of aliphatic hydroxyl groups is 1. The molecule has 0 aliphatic carbocycles. The first-order valence-electron chi connectivity index (χ1n) is 10.7. The summed E-state index contributed by atoms with van der Waals surface area (Å²) in [6.07, 6.45) is 1.63. The summed E-state index contributed by atoms with van der Waals surface area (Å²) in [5.41, 5.74) is 2.57. The van der Waals surface area contributed by atoms with E-state index in [1.165, 1.54) is 10.4 Å². The summed E-state index contributed by atoms with van der Waals surface area (Å²) in [5.74, 6) is -0.485. The number of carbonyl (C=O) groups is 1. The van der Waals surface area contributed by atoms with Gasteiger partial charge in [0.05, 0.1) is 11.6 Å². The highest BCUT2D eigenvalue weighted by molar-refractivity contribution is 7.89. The Hall–Kier alpha value is -2.75. The van der Waals surface area contributed by atoms with E-state index in [4.69, 9.17) is 0 Å². The lowest BCUT2D eigenvalue weighted by Crippen LogP contribution is -2.44. The van der Waals surface area contributed by atoms with Crippen LogP contribution in [0.1, 0.15) is 35.1 Å². The molecular weight excluding hydrogens is 428 g/mol. The van der Waals surface area contributed by atoms with Crippen LogP contribution in [0.5, 0.6) is 0 Å². The Labute approximate surface area is 187 Å². The van der Waals surface area contributed by atoms with Gasteiger partial charge in [0.15, 0.2) is 0 Å². The zero-order chi connectivity index (χ0) is 23.0. The molecule has 2 atom stereocenters. The topological polar surface area (TPSA) is 105 Å². The van der Waals surface area contributed by atoms with Gasteiger partial charge in [-0.05, 0) is 43.0 Å². The van der Waals surface area contributed by atoms with Crippen LogP contribution >= 0.6 is 0 Å². The number of sulfonamides is 1. The lowest BCUT2D eigenvalue weighted by molar-refractivity contribution is 0.0628. The molecule has 1 amide bonds. The summed E-state index contributed by atoms with van der Waals surface area (Å²) in [4.78, 5) is 17.4. The molecule has 0 spiro atoms. The number of benzene rings is 1. The number of nitrogens with one attached hydrogen (secondary N) is 1. The first-order chi connectivity index (χ1) is 15.2. The maximum atomic E-state index is 13.3. The molecule has 1 unspecified atom stereocenters. The van der Waals surface area contributed by atoms with Crippen LogP contribution < -0.4 is 5.32 Å². The normalized spacial score (nSPS) is 19.9. The minimum Gasteiger partial charge on any atom is -0.393 e. The first kappa shape index (κ1) is 22.4. The lowest BCUT2D eigenvalue weighted by atomic mass is 9.99. The maximum Gasteiger partial charge on any atom is 0.268 e. The summed E-state index contributed by atoms with van der Waals surface area (Å²) < 4.78 is 29.5. The average molecular weight is 457 g/mol. The fraction of sp³-hybridized carbons (Fsp3) is 0.391. The number of carbonyl (C=O) groups excluding carboxylic acids is 1. The van der Waals surface area contributed by atoms with Crippen molar-refractivity contribution in [3.63, 3.8) is 0 Å². The molecule has 2 aromatic heterocycles. The van der Waals surface area contributed by atoms with Gasteiger partial charge in [-0.1, -0.05) is 25.1 Å². The molecule has 0 radical (unpaired) electrons. The second-order valence-corrected chi connectivity index (χ2v) is 10.3. The third kappa shape index (κ3) is 4.03. The predicted octanol–water partition coefficient (Wildman–Crippen LogP) is 2.20. The van der Waals surface area contributed by atoms with Crippen LogP contribution in [-0.4, -0.2) is 52.5 Å². The van der Waals surface area contributed by atoms with Crippen molar-refractivity contribution in [2.75, 3.05) is 13.1 Å². The number of hydrogen-bond acceptors (Lipinski definition) is 5. The number of aromatic nitrogens is 2. The summed E-state index contributed by atoms with van der Waals surface area (Å²) in [7, 11) is -2.08. The van der Waals surface area contributed by atoms with Gasteiger partial charge in [0, 0.05) is 44.0 Å². The highest BCUT2D eigenvalue weighted by Crippen LogP contribution is 2.27. The molecule has 1 aromatic carbocycles. The maximum absolute atomic E-state index is 13.3. The molecule has 32 heavy (non-hydrogen) atoms. The highest BCUT2D eigenvalue weighted by atomic mass is 32.2. The molecule has 3 heterocycles. The van der Waals surface area contributed by atoms with Crippen molar-refractivity contribution in [2.24, 2.45) is 13.0 Å². The largest absolute Gasteiger partial charge is 0.393 e. The van der Waals surface area contributed by atoms with Gasteiger partial charge in [-0.15, -0.1) is 0 Å². The molecule has 0 saturated carbocycles. The Balaban J connectivity index is 1.56. The van der Waals surface area contributed by atoms with Crippen molar-refractivity contribution in [3.8, 4) is 0 Å². The number of hydrogen-bond donors (Lipinski definition) is 2. The van der Waals surface area contributed by atoms with Crippen molar-refractivity contribution < 1.29 is 18.3 Å². The van der Waals surface area contributed by atoms with Crippen molar-refractivity contribution in [3.05, 3.63) is 59.5 Å². The van der Waals surface area contributed by atoms with Crippen LogP contribution in [0.25, 0.3) is 10.9 Å². The summed E-state index contributed by atoms with van der Waals surface area (Å²) in [6, 6.07) is 11.0. The van der Waals surface area contributed by atoms with Crippen molar-refractivity contribution in [2.45, 2.75) is 37.8 Å². The average Bonchev–Trinajstić information content (AvgIpc) is 3.09. The van der Waals surface area contributed by atoms with Crippen molar-refractivity contribution in [1.29, 1.82) is 0 Å². The molecule has 0 bridgehead atoms. The Morgan fingerprint density at radius 1 is 1.28 bits per heavy atom. The van der Waals surface area contributed by atoms with Crippen LogP contribution in [0.4, 0.5) is 0 Å². The molecule has 8 nitrogen and oxygen atoms in total. The third-order valence-electron chi connectivity index (χ3n) is 6.34. The minimum atomic E-state index is -3.77. The summed E-state index contributed by atoms with van der Waals surface area (Å²) in [5, 5.41) is 13.8. The molecule has 4 rings (SSSR count). The molecule has 170 valence electrons. The van der Waals surface area contributed by atoms with Crippen LogP contribution in [-0.2, 0) is 23.6 Å². The zero-order valence-corrected chi connectivity index (χ0v) is 19.3. The van der Waals surface area contributed by atoms with E-state index < -0.39 is 16.1 Å². The smallest absolute Gasteiger partial charge is 0.268 e. The van der Waals surface area contributed by atoms with E-state index in [-0.39, 0.29) is 35.5 Å². The van der Waals surface area contributed by atoms with Gasteiger partial charge in [-0.3, -0.25) is 9.78 Å². The number of aliphatic hydroxyl groups excluding tert-OH is 1. The van der Waals surface area contributed by atoms with E-state index in [2.05, 4.69) is 10.3 Å². The van der Waals surface area contributed by atoms with Crippen LogP contribution in [0, 0.1) is 12.8 Å². The van der Waals surface area contributed by atoms with Crippen LogP contribution in [0.3, 0.4) is 0 Å². The second-order valence-electron chi connectivity index (χ2n) is 8.40. The van der Waals surface area contributed by atoms with Crippen LogP contribution in [0.15, 0.2) is 47.5 Å². The number of nitrogens with zero attached hydrogens (tertiary/aromatic N) is 3. The molecular formula is C23H28N4O4S. The second kappa shape index (κ2) is 8.65. The third-order valence-corrected chi connectivity index (χ3v) is 8.32. The number of fused-ring (bicyclic) bond motifs is 1. The monoisotopic (exact) mass is 456 g/mol. The quantitative estimate of drug-likeness (QED) is 0.613. The zero-order valence-electron chi connectivity index (χ0n) is 18.4. The van der Waals surface area contributed by atoms with Gasteiger partial charge < -0.3 is 15.0 Å². The van der Waals surface area contributed by atoms with Gasteiger partial charge in [0.2, 0.25) is 10.0 Å². The highest BCUT2D eigenvalue weighted by Gasteiger charge is 2.35. The van der Waals surface area contributed by atoms with E-state index in [1.807, 2.05) is 37.3 Å².